The highest BCUT2D eigenvalue weighted by Crippen LogP contribution is 2.21. The molecule has 1 aromatic heterocycles. The lowest BCUT2D eigenvalue weighted by Gasteiger charge is -2.29. The standard InChI is InChI=1S/C19H25N3O4/c1-6-26-18(24)15-16(25-5)17(23)21(4)19(20-15)22(13(2)3)12-14-10-8-7-9-11-14/h7-11,13H,6,12H2,1-5H3. The van der Waals surface area contributed by atoms with E-state index in [-0.39, 0.29) is 24.1 Å². The number of aromatic nitrogens is 2. The van der Waals surface area contributed by atoms with Crippen LogP contribution >= 0.6 is 0 Å². The summed E-state index contributed by atoms with van der Waals surface area (Å²) in [4.78, 5) is 31.3. The molecule has 0 unspecified atom stereocenters. The Kier molecular flexibility index (Phi) is 6.38. The Hall–Kier alpha value is -2.83. The molecule has 0 bridgehead atoms. The summed E-state index contributed by atoms with van der Waals surface area (Å²) in [6.07, 6.45) is 0. The van der Waals surface area contributed by atoms with E-state index in [0.29, 0.717) is 12.5 Å². The van der Waals surface area contributed by atoms with Crippen molar-refractivity contribution in [2.24, 2.45) is 7.05 Å². The molecule has 7 heteroatoms. The minimum Gasteiger partial charge on any atom is -0.489 e. The number of esters is 1. The maximum absolute atomic E-state index is 12.7. The van der Waals surface area contributed by atoms with Gasteiger partial charge < -0.3 is 14.4 Å². The Morgan fingerprint density at radius 2 is 1.92 bits per heavy atom. The van der Waals surface area contributed by atoms with E-state index in [1.807, 2.05) is 49.1 Å². The van der Waals surface area contributed by atoms with Gasteiger partial charge in [0, 0.05) is 19.6 Å². The van der Waals surface area contributed by atoms with E-state index in [0.717, 1.165) is 5.56 Å². The Labute approximate surface area is 153 Å². The maximum Gasteiger partial charge on any atom is 0.361 e. The molecule has 0 aliphatic heterocycles. The van der Waals surface area contributed by atoms with Gasteiger partial charge in [-0.1, -0.05) is 30.3 Å². The van der Waals surface area contributed by atoms with Crippen LogP contribution in [0.2, 0.25) is 0 Å². The van der Waals surface area contributed by atoms with Gasteiger partial charge >= 0.3 is 5.97 Å². The van der Waals surface area contributed by atoms with Gasteiger partial charge in [0.1, 0.15) is 0 Å². The number of ether oxygens (including phenoxy) is 2. The SMILES string of the molecule is CCOC(=O)c1nc(N(Cc2ccccc2)C(C)C)n(C)c(=O)c1OC. The fourth-order valence-corrected chi connectivity index (χ4v) is 2.61. The van der Waals surface area contributed by atoms with Crippen molar-refractivity contribution in [1.82, 2.24) is 9.55 Å². The molecule has 2 rings (SSSR count). The van der Waals surface area contributed by atoms with E-state index in [4.69, 9.17) is 9.47 Å². The summed E-state index contributed by atoms with van der Waals surface area (Å²) >= 11 is 0. The van der Waals surface area contributed by atoms with Crippen LogP contribution in [0.3, 0.4) is 0 Å². The maximum atomic E-state index is 12.7. The number of carbonyl (C=O) groups excluding carboxylic acids is 1. The largest absolute Gasteiger partial charge is 0.489 e. The first-order chi connectivity index (χ1) is 12.4. The lowest BCUT2D eigenvalue weighted by molar-refractivity contribution is 0.0514. The van der Waals surface area contributed by atoms with Crippen LogP contribution in [-0.2, 0) is 18.3 Å². The summed E-state index contributed by atoms with van der Waals surface area (Å²) in [5, 5.41) is 0. The van der Waals surface area contributed by atoms with Crippen molar-refractivity contribution in [3.63, 3.8) is 0 Å². The molecule has 0 fully saturated rings. The molecular weight excluding hydrogens is 334 g/mol. The Morgan fingerprint density at radius 1 is 1.27 bits per heavy atom. The Bertz CT molecular complexity index is 816. The molecule has 0 aliphatic rings. The van der Waals surface area contributed by atoms with Crippen LogP contribution in [0.25, 0.3) is 0 Å². The fraction of sp³-hybridized carbons (Fsp3) is 0.421. The van der Waals surface area contributed by atoms with Crippen LogP contribution in [0.4, 0.5) is 5.95 Å². The van der Waals surface area contributed by atoms with Crippen LogP contribution in [0.5, 0.6) is 5.75 Å². The van der Waals surface area contributed by atoms with Crippen LogP contribution in [-0.4, -0.2) is 35.3 Å². The smallest absolute Gasteiger partial charge is 0.361 e. The first kappa shape index (κ1) is 19.5. The van der Waals surface area contributed by atoms with Gasteiger partial charge in [0.2, 0.25) is 11.7 Å². The van der Waals surface area contributed by atoms with Crippen molar-refractivity contribution in [2.45, 2.75) is 33.4 Å². The number of hydrogen-bond acceptors (Lipinski definition) is 6. The number of benzene rings is 1. The van der Waals surface area contributed by atoms with Gasteiger partial charge in [-0.25, -0.2) is 9.78 Å². The molecule has 0 spiro atoms. The van der Waals surface area contributed by atoms with Gasteiger partial charge in [-0.05, 0) is 26.3 Å². The Balaban J connectivity index is 2.57. The molecule has 1 aromatic carbocycles. The van der Waals surface area contributed by atoms with Crippen LogP contribution < -0.4 is 15.2 Å². The zero-order valence-corrected chi connectivity index (χ0v) is 15.9. The van der Waals surface area contributed by atoms with Crippen molar-refractivity contribution < 1.29 is 14.3 Å². The molecule has 7 nitrogen and oxygen atoms in total. The lowest BCUT2D eigenvalue weighted by atomic mass is 10.2. The third-order valence-electron chi connectivity index (χ3n) is 3.97. The van der Waals surface area contributed by atoms with Crippen molar-refractivity contribution in [1.29, 1.82) is 0 Å². The van der Waals surface area contributed by atoms with E-state index in [1.165, 1.54) is 11.7 Å². The monoisotopic (exact) mass is 359 g/mol. The van der Waals surface area contributed by atoms with E-state index < -0.39 is 11.5 Å². The molecule has 140 valence electrons. The van der Waals surface area contributed by atoms with Crippen LogP contribution in [0.15, 0.2) is 35.1 Å². The average molecular weight is 359 g/mol. The quantitative estimate of drug-likeness (QED) is 0.707. The normalized spacial score (nSPS) is 10.7. The first-order valence-corrected chi connectivity index (χ1v) is 8.53. The summed E-state index contributed by atoms with van der Waals surface area (Å²) in [5.41, 5.74) is 0.536. The Morgan fingerprint density at radius 3 is 2.46 bits per heavy atom. The van der Waals surface area contributed by atoms with E-state index in [1.54, 1.807) is 14.0 Å². The zero-order valence-electron chi connectivity index (χ0n) is 15.9. The van der Waals surface area contributed by atoms with Crippen LogP contribution in [0, 0.1) is 0 Å². The highest BCUT2D eigenvalue weighted by molar-refractivity contribution is 5.90. The minimum absolute atomic E-state index is 0.0525. The molecule has 0 saturated heterocycles. The highest BCUT2D eigenvalue weighted by Gasteiger charge is 2.25. The molecule has 0 aliphatic carbocycles. The minimum atomic E-state index is -0.674. The number of carbonyl (C=O) groups is 1. The van der Waals surface area contributed by atoms with Gasteiger partial charge in [-0.3, -0.25) is 9.36 Å². The molecule has 0 atom stereocenters. The number of anilines is 1. The summed E-state index contributed by atoms with van der Waals surface area (Å²) in [6, 6.07) is 9.92. The summed E-state index contributed by atoms with van der Waals surface area (Å²) < 4.78 is 11.5. The zero-order chi connectivity index (χ0) is 19.3. The van der Waals surface area contributed by atoms with Crippen molar-refractivity contribution in [3.05, 3.63) is 51.9 Å². The second-order valence-corrected chi connectivity index (χ2v) is 6.09. The van der Waals surface area contributed by atoms with Gasteiger partial charge in [-0.15, -0.1) is 0 Å². The number of rotatable bonds is 7. The second kappa shape index (κ2) is 8.51. The highest BCUT2D eigenvalue weighted by atomic mass is 16.5. The molecule has 0 radical (unpaired) electrons. The van der Waals surface area contributed by atoms with Crippen molar-refractivity contribution in [3.8, 4) is 5.75 Å². The summed E-state index contributed by atoms with van der Waals surface area (Å²) in [7, 11) is 2.95. The molecule has 0 amide bonds. The predicted molar refractivity (Wildman–Crippen MR) is 99.7 cm³/mol. The predicted octanol–water partition coefficient (Wildman–Crippen LogP) is 2.38. The van der Waals surface area contributed by atoms with Crippen molar-refractivity contribution >= 4 is 11.9 Å². The number of nitrogens with zero attached hydrogens (tertiary/aromatic N) is 3. The molecule has 0 N–H and O–H groups in total. The molecule has 0 saturated carbocycles. The van der Waals surface area contributed by atoms with Gasteiger partial charge in [0.25, 0.3) is 5.56 Å². The summed E-state index contributed by atoms with van der Waals surface area (Å²) in [6.45, 7) is 6.44. The fourth-order valence-electron chi connectivity index (χ4n) is 2.61. The van der Waals surface area contributed by atoms with Gasteiger partial charge in [-0.2, -0.15) is 0 Å². The van der Waals surface area contributed by atoms with E-state index in [2.05, 4.69) is 4.98 Å². The number of methoxy groups -OCH3 is 1. The van der Waals surface area contributed by atoms with E-state index >= 15 is 0 Å². The van der Waals surface area contributed by atoms with Crippen molar-refractivity contribution in [2.75, 3.05) is 18.6 Å². The third kappa shape index (κ3) is 4.04. The molecular formula is C19H25N3O4. The summed E-state index contributed by atoms with van der Waals surface area (Å²) in [5.74, 6) is -0.400. The lowest BCUT2D eigenvalue weighted by Crippen LogP contribution is -2.37. The number of hydrogen-bond donors (Lipinski definition) is 0. The topological polar surface area (TPSA) is 73.7 Å². The molecule has 1 heterocycles. The van der Waals surface area contributed by atoms with Crippen LogP contribution in [0.1, 0.15) is 36.8 Å². The first-order valence-electron chi connectivity index (χ1n) is 8.53. The van der Waals surface area contributed by atoms with E-state index in [9.17, 15) is 9.59 Å². The second-order valence-electron chi connectivity index (χ2n) is 6.09. The molecule has 2 aromatic rings. The molecule has 26 heavy (non-hydrogen) atoms. The van der Waals surface area contributed by atoms with Gasteiger partial charge in [0.15, 0.2) is 5.69 Å². The average Bonchev–Trinajstić information content (AvgIpc) is 2.63. The third-order valence-corrected chi connectivity index (χ3v) is 3.97. The van der Waals surface area contributed by atoms with Gasteiger partial charge in [0.05, 0.1) is 13.7 Å².